The maximum atomic E-state index is 12.9. The highest BCUT2D eigenvalue weighted by atomic mass is 16.5. The molecule has 1 aromatic rings. The zero-order valence-electron chi connectivity index (χ0n) is 14.1. The highest BCUT2D eigenvalue weighted by Gasteiger charge is 2.41. The lowest BCUT2D eigenvalue weighted by atomic mass is 9.96. The van der Waals surface area contributed by atoms with Crippen LogP contribution in [0.15, 0.2) is 35.5 Å². The molecular weight excluding hydrogens is 322 g/mol. The predicted molar refractivity (Wildman–Crippen MR) is 90.0 cm³/mol. The Hall–Kier alpha value is -2.54. The van der Waals surface area contributed by atoms with E-state index in [9.17, 15) is 9.59 Å². The number of amides is 3. The third-order valence-corrected chi connectivity index (χ3v) is 4.92. The molecule has 0 aliphatic carbocycles. The Labute approximate surface area is 146 Å². The Bertz CT molecular complexity index is 722. The summed E-state index contributed by atoms with van der Waals surface area (Å²) in [6, 6.07) is 6.66. The van der Waals surface area contributed by atoms with Crippen molar-refractivity contribution in [2.24, 2.45) is 0 Å². The molecule has 0 bridgehead atoms. The lowest BCUT2D eigenvalue weighted by Gasteiger charge is -2.25. The van der Waals surface area contributed by atoms with E-state index >= 15 is 0 Å². The van der Waals surface area contributed by atoms with E-state index in [1.54, 1.807) is 12.0 Å². The number of methoxy groups -OCH3 is 1. The first-order valence-corrected chi connectivity index (χ1v) is 8.51. The van der Waals surface area contributed by atoms with Crippen molar-refractivity contribution in [2.75, 3.05) is 26.8 Å². The van der Waals surface area contributed by atoms with E-state index in [2.05, 4.69) is 10.6 Å². The van der Waals surface area contributed by atoms with Gasteiger partial charge in [-0.3, -0.25) is 4.79 Å². The molecule has 1 aromatic carbocycles. The number of carbonyl (C=O) groups excluding carboxylic acids is 2. The molecule has 3 amide bonds. The maximum Gasteiger partial charge on any atom is 0.319 e. The normalized spacial score (nSPS) is 25.7. The van der Waals surface area contributed by atoms with Crippen LogP contribution in [-0.2, 0) is 9.53 Å². The maximum absolute atomic E-state index is 12.9. The summed E-state index contributed by atoms with van der Waals surface area (Å²) in [6.45, 7) is 1.75. The molecule has 0 saturated carbocycles. The third kappa shape index (κ3) is 2.95. The summed E-state index contributed by atoms with van der Waals surface area (Å²) in [5, 5.41) is 5.65. The number of benzene rings is 1. The van der Waals surface area contributed by atoms with Gasteiger partial charge in [0.25, 0.3) is 5.91 Å². The molecular formula is C18H21N3O4. The topological polar surface area (TPSA) is 79.9 Å². The van der Waals surface area contributed by atoms with E-state index < -0.39 is 6.04 Å². The van der Waals surface area contributed by atoms with E-state index in [-0.39, 0.29) is 18.0 Å². The fourth-order valence-corrected chi connectivity index (χ4v) is 3.66. The van der Waals surface area contributed by atoms with Crippen molar-refractivity contribution < 1.29 is 19.1 Å². The van der Waals surface area contributed by atoms with Gasteiger partial charge in [0.2, 0.25) is 0 Å². The SMILES string of the molecule is COc1ccc(C2NC(=O)NC3=C2C(=O)N(CC2CCCO2)C3)cc1. The van der Waals surface area contributed by atoms with Crippen molar-refractivity contribution in [3.05, 3.63) is 41.1 Å². The predicted octanol–water partition coefficient (Wildman–Crippen LogP) is 1.32. The molecule has 25 heavy (non-hydrogen) atoms. The molecule has 3 aliphatic rings. The van der Waals surface area contributed by atoms with Gasteiger partial charge in [0.1, 0.15) is 5.75 Å². The summed E-state index contributed by atoms with van der Waals surface area (Å²) in [7, 11) is 1.60. The average molecular weight is 343 g/mol. The second kappa shape index (κ2) is 6.40. The minimum atomic E-state index is -0.448. The van der Waals surface area contributed by atoms with Crippen LogP contribution in [0.2, 0.25) is 0 Å². The summed E-state index contributed by atoms with van der Waals surface area (Å²) in [5.41, 5.74) is 2.16. The van der Waals surface area contributed by atoms with Crippen molar-refractivity contribution in [3.63, 3.8) is 0 Å². The Morgan fingerprint density at radius 1 is 1.28 bits per heavy atom. The summed E-state index contributed by atoms with van der Waals surface area (Å²) < 4.78 is 10.8. The molecule has 3 aliphatic heterocycles. The molecule has 0 spiro atoms. The van der Waals surface area contributed by atoms with Crippen LogP contribution in [0.5, 0.6) is 5.75 Å². The van der Waals surface area contributed by atoms with Gasteiger partial charge in [-0.05, 0) is 30.5 Å². The van der Waals surface area contributed by atoms with Gasteiger partial charge in [0.05, 0.1) is 37.1 Å². The number of nitrogens with zero attached hydrogens (tertiary/aromatic N) is 1. The molecule has 1 saturated heterocycles. The molecule has 0 radical (unpaired) electrons. The highest BCUT2D eigenvalue weighted by molar-refractivity contribution is 6.01. The van der Waals surface area contributed by atoms with Gasteiger partial charge in [-0.25, -0.2) is 4.79 Å². The standard InChI is InChI=1S/C18H21N3O4/c1-24-12-6-4-11(5-7-12)16-15-14(19-18(23)20-16)10-21(17(15)22)9-13-3-2-8-25-13/h4-7,13,16H,2-3,8-10H2,1H3,(H2,19,20,23). The van der Waals surface area contributed by atoms with E-state index in [1.807, 2.05) is 24.3 Å². The average Bonchev–Trinajstić information content (AvgIpc) is 3.23. The Morgan fingerprint density at radius 2 is 2.08 bits per heavy atom. The van der Waals surface area contributed by atoms with Crippen LogP contribution in [0.3, 0.4) is 0 Å². The van der Waals surface area contributed by atoms with Crippen LogP contribution >= 0.6 is 0 Å². The monoisotopic (exact) mass is 343 g/mol. The van der Waals surface area contributed by atoms with Crippen LogP contribution in [-0.4, -0.2) is 49.7 Å². The lowest BCUT2D eigenvalue weighted by molar-refractivity contribution is -0.127. The first-order valence-electron chi connectivity index (χ1n) is 8.51. The second-order valence-electron chi connectivity index (χ2n) is 6.52. The molecule has 2 N–H and O–H groups in total. The molecule has 7 nitrogen and oxygen atoms in total. The zero-order valence-corrected chi connectivity index (χ0v) is 14.1. The van der Waals surface area contributed by atoms with Gasteiger partial charge in [-0.1, -0.05) is 12.1 Å². The van der Waals surface area contributed by atoms with Crippen molar-refractivity contribution in [3.8, 4) is 5.75 Å². The summed E-state index contributed by atoms with van der Waals surface area (Å²) in [6.07, 6.45) is 2.10. The van der Waals surface area contributed by atoms with Gasteiger partial charge in [-0.15, -0.1) is 0 Å². The van der Waals surface area contributed by atoms with Gasteiger partial charge >= 0.3 is 6.03 Å². The van der Waals surface area contributed by atoms with Crippen LogP contribution in [0, 0.1) is 0 Å². The van der Waals surface area contributed by atoms with Crippen molar-refractivity contribution in [1.82, 2.24) is 15.5 Å². The largest absolute Gasteiger partial charge is 0.497 e. The number of urea groups is 1. The van der Waals surface area contributed by atoms with E-state index in [0.29, 0.717) is 24.4 Å². The summed E-state index contributed by atoms with van der Waals surface area (Å²) in [5.74, 6) is 0.690. The molecule has 2 atom stereocenters. The van der Waals surface area contributed by atoms with E-state index in [4.69, 9.17) is 9.47 Å². The van der Waals surface area contributed by atoms with E-state index in [0.717, 1.165) is 30.8 Å². The third-order valence-electron chi connectivity index (χ3n) is 4.92. The first kappa shape index (κ1) is 16.0. The highest BCUT2D eigenvalue weighted by Crippen LogP contribution is 2.33. The van der Waals surface area contributed by atoms with Crippen LogP contribution < -0.4 is 15.4 Å². The van der Waals surface area contributed by atoms with E-state index in [1.165, 1.54) is 0 Å². The van der Waals surface area contributed by atoms with Crippen LogP contribution in [0.25, 0.3) is 0 Å². The number of rotatable bonds is 4. The molecule has 4 rings (SSSR count). The first-order chi connectivity index (χ1) is 12.2. The number of hydrogen-bond acceptors (Lipinski definition) is 4. The zero-order chi connectivity index (χ0) is 17.4. The van der Waals surface area contributed by atoms with Gasteiger partial charge in [0.15, 0.2) is 0 Å². The summed E-state index contributed by atoms with van der Waals surface area (Å²) >= 11 is 0. The fourth-order valence-electron chi connectivity index (χ4n) is 3.66. The second-order valence-corrected chi connectivity index (χ2v) is 6.52. The molecule has 2 unspecified atom stereocenters. The van der Waals surface area contributed by atoms with Crippen LogP contribution in [0.4, 0.5) is 4.79 Å². The van der Waals surface area contributed by atoms with Crippen LogP contribution in [0.1, 0.15) is 24.4 Å². The van der Waals surface area contributed by atoms with Crippen molar-refractivity contribution >= 4 is 11.9 Å². The van der Waals surface area contributed by atoms with Crippen molar-refractivity contribution in [2.45, 2.75) is 25.0 Å². The summed E-state index contributed by atoms with van der Waals surface area (Å²) in [4.78, 5) is 26.7. The smallest absolute Gasteiger partial charge is 0.319 e. The Morgan fingerprint density at radius 3 is 2.76 bits per heavy atom. The lowest BCUT2D eigenvalue weighted by Crippen LogP contribution is -2.44. The molecule has 1 fully saturated rings. The van der Waals surface area contributed by atoms with Gasteiger partial charge in [-0.2, -0.15) is 0 Å². The van der Waals surface area contributed by atoms with Gasteiger partial charge in [0, 0.05) is 13.2 Å². The number of nitrogens with one attached hydrogen (secondary N) is 2. The number of carbonyl (C=O) groups is 2. The molecule has 132 valence electrons. The Kier molecular flexibility index (Phi) is 4.09. The Balaban J connectivity index is 1.58. The molecule has 7 heteroatoms. The molecule has 0 aromatic heterocycles. The van der Waals surface area contributed by atoms with Crippen molar-refractivity contribution in [1.29, 1.82) is 0 Å². The van der Waals surface area contributed by atoms with Gasteiger partial charge < -0.3 is 25.0 Å². The number of hydrogen-bond donors (Lipinski definition) is 2. The number of ether oxygens (including phenoxy) is 2. The molecule has 3 heterocycles. The fraction of sp³-hybridized carbons (Fsp3) is 0.444. The minimum absolute atomic E-state index is 0.0428. The quantitative estimate of drug-likeness (QED) is 0.864. The minimum Gasteiger partial charge on any atom is -0.497 e.